The van der Waals surface area contributed by atoms with Crippen molar-refractivity contribution in [3.8, 4) is 0 Å². The number of nitrogens with zero attached hydrogens (tertiary/aromatic N) is 6. The molecule has 0 amide bonds. The Morgan fingerprint density at radius 3 is 2.96 bits per heavy atom. The minimum absolute atomic E-state index is 0.0758. The first-order valence-corrected chi connectivity index (χ1v) is 9.56. The molecule has 0 saturated carbocycles. The zero-order valence-electron chi connectivity index (χ0n) is 13.6. The van der Waals surface area contributed by atoms with Gasteiger partial charge in [0, 0.05) is 13.6 Å². The van der Waals surface area contributed by atoms with Crippen molar-refractivity contribution < 1.29 is 0 Å². The molecule has 0 spiro atoms. The van der Waals surface area contributed by atoms with Gasteiger partial charge in [0.1, 0.15) is 10.5 Å². The first-order chi connectivity index (χ1) is 12.1. The summed E-state index contributed by atoms with van der Waals surface area (Å²) in [6, 6.07) is 1.90. The smallest absolute Gasteiger partial charge is 0.279 e. The van der Waals surface area contributed by atoms with Crippen molar-refractivity contribution in [3.05, 3.63) is 38.1 Å². The van der Waals surface area contributed by atoms with Crippen LogP contribution in [0.15, 0.2) is 26.2 Å². The largest absolute Gasteiger partial charge is 0.343 e. The Balaban J connectivity index is 1.76. The Bertz CT molecular complexity index is 1180. The molecule has 0 aliphatic rings. The second-order valence-corrected chi connectivity index (χ2v) is 7.36. The number of rotatable bonds is 5. The molecule has 0 aromatic carbocycles. The Labute approximate surface area is 149 Å². The number of thiophene rings is 1. The van der Waals surface area contributed by atoms with E-state index in [2.05, 4.69) is 20.4 Å². The van der Waals surface area contributed by atoms with Crippen LogP contribution in [0.5, 0.6) is 0 Å². The van der Waals surface area contributed by atoms with Gasteiger partial charge in [-0.2, -0.15) is 0 Å². The van der Waals surface area contributed by atoms with Gasteiger partial charge >= 0.3 is 5.69 Å². The van der Waals surface area contributed by atoms with Gasteiger partial charge in [-0.1, -0.05) is 18.7 Å². The number of hydrogen-bond acceptors (Lipinski definition) is 7. The highest BCUT2D eigenvalue weighted by Gasteiger charge is 2.17. The third-order valence-corrected chi connectivity index (χ3v) is 5.76. The fourth-order valence-electron chi connectivity index (χ4n) is 2.71. The predicted octanol–water partition coefficient (Wildman–Crippen LogP) is 1.23. The highest BCUT2D eigenvalue weighted by Crippen LogP contribution is 2.23. The molecular formula is C14H15N7O2S2. The molecule has 130 valence electrons. The Kier molecular flexibility index (Phi) is 3.96. The molecule has 1 N–H and O–H groups in total. The predicted molar refractivity (Wildman–Crippen MR) is 96.3 cm³/mol. The maximum Gasteiger partial charge on any atom is 0.343 e. The van der Waals surface area contributed by atoms with Crippen molar-refractivity contribution in [1.29, 1.82) is 0 Å². The van der Waals surface area contributed by atoms with Crippen LogP contribution < -0.4 is 11.2 Å². The minimum atomic E-state index is -0.210. The fourth-order valence-corrected chi connectivity index (χ4v) is 4.45. The standard InChI is InChI=1S/C14H15N7O2S2/c1-3-5-20-13(23)17-18-14(20)25-7-9-15-16-12-19(2)11(22)10-8(21(9)12)4-6-24-10/h4,6H,3,5,7H2,1-2H3,(H,17,23). The van der Waals surface area contributed by atoms with Gasteiger partial charge in [-0.3, -0.25) is 18.3 Å². The molecule has 25 heavy (non-hydrogen) atoms. The van der Waals surface area contributed by atoms with Crippen LogP contribution in [0.1, 0.15) is 19.2 Å². The lowest BCUT2D eigenvalue weighted by Gasteiger charge is -2.05. The SMILES string of the molecule is CCCn1c(SCc2nnc3n(C)c(=O)c4sccc4n23)n[nH]c1=O. The summed E-state index contributed by atoms with van der Waals surface area (Å²) in [7, 11) is 1.69. The monoisotopic (exact) mass is 377 g/mol. The molecule has 0 aliphatic heterocycles. The normalized spacial score (nSPS) is 11.8. The molecule has 4 aromatic rings. The van der Waals surface area contributed by atoms with Crippen molar-refractivity contribution >= 4 is 39.1 Å². The summed E-state index contributed by atoms with van der Waals surface area (Å²) in [6.07, 6.45) is 0.846. The fraction of sp³-hybridized carbons (Fsp3) is 0.357. The minimum Gasteiger partial charge on any atom is -0.279 e. The van der Waals surface area contributed by atoms with Gasteiger partial charge in [0.15, 0.2) is 5.16 Å². The highest BCUT2D eigenvalue weighted by molar-refractivity contribution is 7.98. The maximum atomic E-state index is 12.3. The molecule has 4 aromatic heterocycles. The van der Waals surface area contributed by atoms with Crippen molar-refractivity contribution in [2.75, 3.05) is 0 Å². The number of aromatic amines is 1. The molecule has 9 nitrogen and oxygen atoms in total. The summed E-state index contributed by atoms with van der Waals surface area (Å²) in [5.74, 6) is 1.69. The Morgan fingerprint density at radius 2 is 2.16 bits per heavy atom. The van der Waals surface area contributed by atoms with Crippen molar-refractivity contribution in [2.24, 2.45) is 7.05 Å². The molecule has 0 aliphatic carbocycles. The molecule has 0 radical (unpaired) electrons. The van der Waals surface area contributed by atoms with Gasteiger partial charge in [-0.05, 0) is 17.9 Å². The third-order valence-electron chi connectivity index (χ3n) is 3.90. The van der Waals surface area contributed by atoms with E-state index >= 15 is 0 Å². The summed E-state index contributed by atoms with van der Waals surface area (Å²) < 4.78 is 5.67. The summed E-state index contributed by atoms with van der Waals surface area (Å²) >= 11 is 2.82. The molecule has 11 heteroatoms. The third kappa shape index (κ3) is 2.50. The van der Waals surface area contributed by atoms with Gasteiger partial charge in [-0.15, -0.1) is 26.6 Å². The molecule has 4 heterocycles. The topological polar surface area (TPSA) is 103 Å². The lowest BCUT2D eigenvalue weighted by Crippen LogP contribution is -2.19. The number of thioether (sulfide) groups is 1. The average Bonchev–Trinajstić information content (AvgIpc) is 3.31. The van der Waals surface area contributed by atoms with Gasteiger partial charge in [0.2, 0.25) is 5.78 Å². The second-order valence-electron chi connectivity index (χ2n) is 5.50. The van der Waals surface area contributed by atoms with E-state index < -0.39 is 0 Å². The number of fused-ring (bicyclic) bond motifs is 3. The summed E-state index contributed by atoms with van der Waals surface area (Å²) in [5.41, 5.74) is 0.517. The molecule has 0 bridgehead atoms. The van der Waals surface area contributed by atoms with Crippen molar-refractivity contribution in [3.63, 3.8) is 0 Å². The Morgan fingerprint density at radius 1 is 1.32 bits per heavy atom. The quantitative estimate of drug-likeness (QED) is 0.525. The lowest BCUT2D eigenvalue weighted by molar-refractivity contribution is 0.603. The molecule has 0 saturated heterocycles. The van der Waals surface area contributed by atoms with E-state index in [1.54, 1.807) is 11.6 Å². The van der Waals surface area contributed by atoms with Crippen LogP contribution in [0.25, 0.3) is 16.0 Å². The van der Waals surface area contributed by atoms with Crippen LogP contribution in [-0.4, -0.2) is 33.9 Å². The van der Waals surface area contributed by atoms with E-state index in [0.29, 0.717) is 33.8 Å². The number of nitrogens with one attached hydrogen (secondary N) is 1. The van der Waals surface area contributed by atoms with E-state index in [0.717, 1.165) is 11.9 Å². The van der Waals surface area contributed by atoms with Gasteiger partial charge in [-0.25, -0.2) is 9.89 Å². The number of H-pyrrole nitrogens is 1. The molecule has 0 fully saturated rings. The van der Waals surface area contributed by atoms with Crippen LogP contribution in [-0.2, 0) is 19.3 Å². The van der Waals surface area contributed by atoms with Crippen molar-refractivity contribution in [2.45, 2.75) is 30.8 Å². The molecule has 0 atom stereocenters. The van der Waals surface area contributed by atoms with E-state index in [4.69, 9.17) is 0 Å². The van der Waals surface area contributed by atoms with Gasteiger partial charge in [0.05, 0.1) is 11.3 Å². The maximum absolute atomic E-state index is 12.3. The van der Waals surface area contributed by atoms with E-state index in [-0.39, 0.29) is 11.2 Å². The van der Waals surface area contributed by atoms with Gasteiger partial charge < -0.3 is 0 Å². The highest BCUT2D eigenvalue weighted by atomic mass is 32.2. The van der Waals surface area contributed by atoms with Crippen LogP contribution in [0.4, 0.5) is 0 Å². The van der Waals surface area contributed by atoms with Crippen LogP contribution in [0.2, 0.25) is 0 Å². The first kappa shape index (κ1) is 16.1. The van der Waals surface area contributed by atoms with Crippen molar-refractivity contribution in [1.82, 2.24) is 33.9 Å². The zero-order valence-corrected chi connectivity index (χ0v) is 15.2. The zero-order chi connectivity index (χ0) is 17.6. The summed E-state index contributed by atoms with van der Waals surface area (Å²) in [5, 5.41) is 17.5. The first-order valence-electron chi connectivity index (χ1n) is 7.70. The van der Waals surface area contributed by atoms with Crippen LogP contribution in [0, 0.1) is 0 Å². The van der Waals surface area contributed by atoms with Crippen LogP contribution >= 0.6 is 23.1 Å². The van der Waals surface area contributed by atoms with E-state index in [1.165, 1.54) is 27.7 Å². The molecule has 0 unspecified atom stereocenters. The number of hydrogen-bond donors (Lipinski definition) is 1. The molecule has 4 rings (SSSR count). The Hall–Kier alpha value is -2.40. The van der Waals surface area contributed by atoms with E-state index in [1.807, 2.05) is 22.8 Å². The average molecular weight is 377 g/mol. The van der Waals surface area contributed by atoms with Crippen LogP contribution in [0.3, 0.4) is 0 Å². The molecular weight excluding hydrogens is 362 g/mol. The lowest BCUT2D eigenvalue weighted by atomic mass is 10.4. The summed E-state index contributed by atoms with van der Waals surface area (Å²) in [6.45, 7) is 2.62. The summed E-state index contributed by atoms with van der Waals surface area (Å²) in [4.78, 5) is 24.1. The second kappa shape index (κ2) is 6.15. The van der Waals surface area contributed by atoms with E-state index in [9.17, 15) is 9.59 Å². The number of aromatic nitrogens is 7. The number of aryl methyl sites for hydroxylation is 1. The van der Waals surface area contributed by atoms with Gasteiger partial charge in [0.25, 0.3) is 5.56 Å².